The molecule has 0 aromatic heterocycles. The number of hydrogen-bond donors (Lipinski definition) is 1. The molecule has 2 atom stereocenters. The van der Waals surface area contributed by atoms with Gasteiger partial charge in [-0.2, -0.15) is 0 Å². The highest BCUT2D eigenvalue weighted by Crippen LogP contribution is 2.34. The van der Waals surface area contributed by atoms with E-state index in [0.717, 1.165) is 36.1 Å². The standard InChI is InChI=1S/C28H29ClN2O3/c1-34-25-14-7-20(8-15-25)17-18-30-27(32)23-11-16-26(21-5-3-2-4-6-21)31(19-23)28(33)22-9-12-24(29)13-10-22/h2-10,12-15,23,26H,11,16-19H2,1H3,(H,30,32). The average Bonchev–Trinajstić information content (AvgIpc) is 2.89. The molecule has 1 fully saturated rings. The van der Waals surface area contributed by atoms with Crippen LogP contribution in [0.4, 0.5) is 0 Å². The quantitative estimate of drug-likeness (QED) is 0.503. The molecule has 0 radical (unpaired) electrons. The lowest BCUT2D eigenvalue weighted by atomic mass is 9.87. The number of rotatable bonds is 7. The molecule has 176 valence electrons. The summed E-state index contributed by atoms with van der Waals surface area (Å²) in [5.41, 5.74) is 2.79. The maximum absolute atomic E-state index is 13.5. The molecular formula is C28H29ClN2O3. The number of carbonyl (C=O) groups is 2. The van der Waals surface area contributed by atoms with Crippen molar-refractivity contribution < 1.29 is 14.3 Å². The van der Waals surface area contributed by atoms with E-state index in [0.29, 0.717) is 23.7 Å². The molecule has 0 spiro atoms. The van der Waals surface area contributed by atoms with E-state index in [4.69, 9.17) is 16.3 Å². The van der Waals surface area contributed by atoms with Crippen molar-refractivity contribution in [3.05, 3.63) is 101 Å². The van der Waals surface area contributed by atoms with Crippen molar-refractivity contribution in [1.82, 2.24) is 10.2 Å². The Labute approximate surface area is 205 Å². The summed E-state index contributed by atoms with van der Waals surface area (Å²) >= 11 is 6.02. The van der Waals surface area contributed by atoms with Crippen molar-refractivity contribution in [2.45, 2.75) is 25.3 Å². The van der Waals surface area contributed by atoms with Crippen molar-refractivity contribution in [2.75, 3.05) is 20.2 Å². The maximum atomic E-state index is 13.5. The fraction of sp³-hybridized carbons (Fsp3) is 0.286. The van der Waals surface area contributed by atoms with Gasteiger partial charge in [0.05, 0.1) is 19.1 Å². The number of hydrogen-bond acceptors (Lipinski definition) is 3. The second-order valence-corrected chi connectivity index (χ2v) is 8.99. The zero-order valence-corrected chi connectivity index (χ0v) is 20.0. The van der Waals surface area contributed by atoms with Crippen molar-refractivity contribution in [3.8, 4) is 5.75 Å². The smallest absolute Gasteiger partial charge is 0.254 e. The van der Waals surface area contributed by atoms with Gasteiger partial charge in [-0.15, -0.1) is 0 Å². The molecule has 4 rings (SSSR count). The van der Waals surface area contributed by atoms with Crippen LogP contribution < -0.4 is 10.1 Å². The molecule has 5 nitrogen and oxygen atoms in total. The van der Waals surface area contributed by atoms with Gasteiger partial charge in [0.25, 0.3) is 5.91 Å². The second kappa shape index (κ2) is 11.2. The van der Waals surface area contributed by atoms with Gasteiger partial charge in [-0.3, -0.25) is 9.59 Å². The fourth-order valence-corrected chi connectivity index (χ4v) is 4.58. The molecule has 0 saturated carbocycles. The van der Waals surface area contributed by atoms with E-state index < -0.39 is 0 Å². The molecule has 1 saturated heterocycles. The highest BCUT2D eigenvalue weighted by molar-refractivity contribution is 6.30. The molecule has 1 N–H and O–H groups in total. The summed E-state index contributed by atoms with van der Waals surface area (Å²) in [6, 6.07) is 24.7. The lowest BCUT2D eigenvalue weighted by molar-refractivity contribution is -0.126. The predicted molar refractivity (Wildman–Crippen MR) is 134 cm³/mol. The normalized spacial score (nSPS) is 17.8. The van der Waals surface area contributed by atoms with Crippen LogP contribution in [0.3, 0.4) is 0 Å². The van der Waals surface area contributed by atoms with Crippen LogP contribution in [0.15, 0.2) is 78.9 Å². The minimum absolute atomic E-state index is 0.00562. The van der Waals surface area contributed by atoms with Crippen molar-refractivity contribution in [3.63, 3.8) is 0 Å². The topological polar surface area (TPSA) is 58.6 Å². The van der Waals surface area contributed by atoms with Gasteiger partial charge in [0.1, 0.15) is 5.75 Å². The number of nitrogens with zero attached hydrogens (tertiary/aromatic N) is 1. The molecule has 1 aliphatic rings. The highest BCUT2D eigenvalue weighted by atomic mass is 35.5. The molecule has 1 aliphatic heterocycles. The van der Waals surface area contributed by atoms with E-state index in [2.05, 4.69) is 5.32 Å². The molecule has 34 heavy (non-hydrogen) atoms. The second-order valence-electron chi connectivity index (χ2n) is 8.55. The van der Waals surface area contributed by atoms with Crippen LogP contribution in [-0.2, 0) is 11.2 Å². The van der Waals surface area contributed by atoms with Crippen LogP contribution >= 0.6 is 11.6 Å². The van der Waals surface area contributed by atoms with Gasteiger partial charge >= 0.3 is 0 Å². The first-order chi connectivity index (χ1) is 16.5. The minimum atomic E-state index is -0.243. The highest BCUT2D eigenvalue weighted by Gasteiger charge is 2.35. The zero-order chi connectivity index (χ0) is 23.9. The Morgan fingerprint density at radius 1 is 0.971 bits per heavy atom. The Balaban J connectivity index is 1.43. The zero-order valence-electron chi connectivity index (χ0n) is 19.2. The minimum Gasteiger partial charge on any atom is -0.497 e. The molecule has 0 bridgehead atoms. The first kappa shape index (κ1) is 23.8. The van der Waals surface area contributed by atoms with E-state index >= 15 is 0 Å². The lowest BCUT2D eigenvalue weighted by Crippen LogP contribution is -2.47. The van der Waals surface area contributed by atoms with Crippen LogP contribution in [0.1, 0.15) is 40.4 Å². The monoisotopic (exact) mass is 476 g/mol. The fourth-order valence-electron chi connectivity index (χ4n) is 4.46. The SMILES string of the molecule is COc1ccc(CCNC(=O)C2CCC(c3ccccc3)N(C(=O)c3ccc(Cl)cc3)C2)cc1. The van der Waals surface area contributed by atoms with Gasteiger partial charge in [0, 0.05) is 23.7 Å². The summed E-state index contributed by atoms with van der Waals surface area (Å²) in [5, 5.41) is 3.65. The summed E-state index contributed by atoms with van der Waals surface area (Å²) < 4.78 is 5.19. The van der Waals surface area contributed by atoms with E-state index in [1.807, 2.05) is 59.5 Å². The first-order valence-corrected chi connectivity index (χ1v) is 11.9. The Morgan fingerprint density at radius 3 is 2.35 bits per heavy atom. The summed E-state index contributed by atoms with van der Waals surface area (Å²) in [5.74, 6) is 0.482. The summed E-state index contributed by atoms with van der Waals surface area (Å²) in [6.45, 7) is 0.935. The van der Waals surface area contributed by atoms with Crippen molar-refractivity contribution >= 4 is 23.4 Å². The Kier molecular flexibility index (Phi) is 7.86. The largest absolute Gasteiger partial charge is 0.497 e. The van der Waals surface area contributed by atoms with Crippen molar-refractivity contribution in [1.29, 1.82) is 0 Å². The third-order valence-electron chi connectivity index (χ3n) is 6.36. The molecule has 6 heteroatoms. The Bertz CT molecular complexity index is 1100. The number of methoxy groups -OCH3 is 1. The van der Waals surface area contributed by atoms with Crippen molar-refractivity contribution in [2.24, 2.45) is 5.92 Å². The van der Waals surface area contributed by atoms with Gasteiger partial charge in [0.15, 0.2) is 0 Å². The average molecular weight is 477 g/mol. The Morgan fingerprint density at radius 2 is 1.68 bits per heavy atom. The van der Waals surface area contributed by atoms with Gasteiger partial charge in [-0.1, -0.05) is 54.1 Å². The number of carbonyl (C=O) groups excluding carboxylic acids is 2. The number of amides is 2. The molecule has 2 amide bonds. The molecule has 3 aromatic carbocycles. The van der Waals surface area contributed by atoms with Crippen LogP contribution in [0.5, 0.6) is 5.75 Å². The lowest BCUT2D eigenvalue weighted by Gasteiger charge is -2.39. The number of likely N-dealkylation sites (tertiary alicyclic amines) is 1. The van der Waals surface area contributed by atoms with Gasteiger partial charge < -0.3 is 15.0 Å². The van der Waals surface area contributed by atoms with Crippen LogP contribution in [-0.4, -0.2) is 36.9 Å². The first-order valence-electron chi connectivity index (χ1n) is 11.6. The molecular weight excluding hydrogens is 448 g/mol. The van der Waals surface area contributed by atoms with Gasteiger partial charge in [0.2, 0.25) is 5.91 Å². The summed E-state index contributed by atoms with van der Waals surface area (Å²) in [7, 11) is 1.64. The van der Waals surface area contributed by atoms with E-state index in [9.17, 15) is 9.59 Å². The predicted octanol–water partition coefficient (Wildman–Crippen LogP) is 5.30. The number of nitrogens with one attached hydrogen (secondary N) is 1. The summed E-state index contributed by atoms with van der Waals surface area (Å²) in [6.07, 6.45) is 2.21. The molecule has 3 aromatic rings. The van der Waals surface area contributed by atoms with E-state index in [-0.39, 0.29) is 23.8 Å². The molecule has 2 unspecified atom stereocenters. The van der Waals surface area contributed by atoms with Gasteiger partial charge in [-0.05, 0) is 66.8 Å². The third kappa shape index (κ3) is 5.78. The summed E-state index contributed by atoms with van der Waals surface area (Å²) in [4.78, 5) is 28.3. The number of halogens is 1. The maximum Gasteiger partial charge on any atom is 0.254 e. The number of piperidine rings is 1. The number of benzene rings is 3. The third-order valence-corrected chi connectivity index (χ3v) is 6.61. The van der Waals surface area contributed by atoms with E-state index in [1.54, 1.807) is 31.4 Å². The Hall–Kier alpha value is -3.31. The van der Waals surface area contributed by atoms with Gasteiger partial charge in [-0.25, -0.2) is 0 Å². The van der Waals surface area contributed by atoms with Crippen LogP contribution in [0, 0.1) is 5.92 Å². The van der Waals surface area contributed by atoms with Crippen LogP contribution in [0.25, 0.3) is 0 Å². The van der Waals surface area contributed by atoms with E-state index in [1.165, 1.54) is 0 Å². The molecule has 1 heterocycles. The van der Waals surface area contributed by atoms with Crippen LogP contribution in [0.2, 0.25) is 5.02 Å². The molecule has 0 aliphatic carbocycles. The number of ether oxygens (including phenoxy) is 1.